The molecule has 0 aromatic heterocycles. The zero-order chi connectivity index (χ0) is 24.7. The van der Waals surface area contributed by atoms with Gasteiger partial charge in [-0.05, 0) is 0 Å². The van der Waals surface area contributed by atoms with Crippen LogP contribution in [0, 0.1) is 0 Å². The van der Waals surface area contributed by atoms with Crippen LogP contribution in [0.5, 0.6) is 0 Å². The summed E-state index contributed by atoms with van der Waals surface area (Å²) in [5, 5.41) is 7.49. The summed E-state index contributed by atoms with van der Waals surface area (Å²) in [6.07, 6.45) is 37.2. The summed E-state index contributed by atoms with van der Waals surface area (Å²) in [6, 6.07) is 0. The number of nitrogens with two attached hydrogens (primary N) is 1. The van der Waals surface area contributed by atoms with E-state index < -0.39 is 6.09 Å². The van der Waals surface area contributed by atoms with E-state index >= 15 is 0 Å². The highest BCUT2D eigenvalue weighted by molar-refractivity contribution is 5.63. The SMILES string of the molecule is CCCCCCCCCCCCCCCCCCCCCCCCCCCC.NNC(=O)O. The molecule has 33 heavy (non-hydrogen) atoms. The maximum absolute atomic E-state index is 9.13. The van der Waals surface area contributed by atoms with Gasteiger partial charge in [-0.2, -0.15) is 0 Å². The lowest BCUT2D eigenvalue weighted by Crippen LogP contribution is -2.27. The van der Waals surface area contributed by atoms with Crippen molar-refractivity contribution in [3.63, 3.8) is 0 Å². The molecule has 0 unspecified atom stereocenters. The quantitative estimate of drug-likeness (QED) is 0.0537. The molecule has 0 radical (unpaired) electrons. The minimum Gasteiger partial charge on any atom is -0.464 e. The van der Waals surface area contributed by atoms with Gasteiger partial charge in [0.2, 0.25) is 0 Å². The summed E-state index contributed by atoms with van der Waals surface area (Å²) in [5.41, 5.74) is 1.44. The van der Waals surface area contributed by atoms with Crippen molar-refractivity contribution >= 4 is 6.09 Å². The molecule has 0 aromatic carbocycles. The minimum absolute atomic E-state index is 1.22. The minimum atomic E-state index is -1.22. The van der Waals surface area contributed by atoms with Gasteiger partial charge in [0.05, 0.1) is 0 Å². The Hall–Kier alpha value is -0.770. The highest BCUT2D eigenvalue weighted by atomic mass is 16.4. The van der Waals surface area contributed by atoms with Gasteiger partial charge in [0.1, 0.15) is 0 Å². The molecule has 0 aliphatic heterocycles. The molecule has 4 heteroatoms. The molecule has 0 aromatic rings. The van der Waals surface area contributed by atoms with E-state index in [-0.39, 0.29) is 0 Å². The summed E-state index contributed by atoms with van der Waals surface area (Å²) < 4.78 is 0. The Morgan fingerprint density at radius 3 is 0.667 bits per heavy atom. The molecule has 0 fully saturated rings. The fraction of sp³-hybridized carbons (Fsp3) is 0.966. The molecular formula is C29H62N2O2. The standard InChI is InChI=1S/C28H58.CH4N2O2/c1-3-5-7-9-11-13-15-17-19-21-23-25-27-28-26-24-22-20-18-16-14-12-10-8-6-4-2;2-3-1(4)5/h3-28H2,1-2H3;3H,2H2,(H,4,5). The summed E-state index contributed by atoms with van der Waals surface area (Å²) in [4.78, 5) is 9.13. The van der Waals surface area contributed by atoms with Crippen LogP contribution in [-0.2, 0) is 0 Å². The van der Waals surface area contributed by atoms with E-state index in [9.17, 15) is 0 Å². The van der Waals surface area contributed by atoms with Crippen molar-refractivity contribution in [3.05, 3.63) is 0 Å². The molecular weight excluding hydrogens is 408 g/mol. The van der Waals surface area contributed by atoms with Crippen molar-refractivity contribution in [2.24, 2.45) is 5.84 Å². The third-order valence-electron chi connectivity index (χ3n) is 6.58. The molecule has 1 amide bonds. The first kappa shape index (κ1) is 34.4. The predicted molar refractivity (Wildman–Crippen MR) is 147 cm³/mol. The number of hydrazine groups is 1. The van der Waals surface area contributed by atoms with Crippen LogP contribution in [-0.4, -0.2) is 11.2 Å². The van der Waals surface area contributed by atoms with E-state index in [0.29, 0.717) is 0 Å². The van der Waals surface area contributed by atoms with Crippen LogP contribution in [0.25, 0.3) is 0 Å². The molecule has 0 rings (SSSR count). The fourth-order valence-corrected chi connectivity index (χ4v) is 4.39. The number of carbonyl (C=O) groups is 1. The maximum Gasteiger partial charge on any atom is 0.418 e. The van der Waals surface area contributed by atoms with E-state index in [2.05, 4.69) is 19.7 Å². The van der Waals surface area contributed by atoms with Crippen molar-refractivity contribution in [1.82, 2.24) is 5.43 Å². The van der Waals surface area contributed by atoms with Crippen molar-refractivity contribution in [3.8, 4) is 0 Å². The number of hydrogen-bond donors (Lipinski definition) is 3. The van der Waals surface area contributed by atoms with Crippen LogP contribution < -0.4 is 11.3 Å². The summed E-state index contributed by atoms with van der Waals surface area (Å²) in [6.45, 7) is 4.61. The van der Waals surface area contributed by atoms with E-state index in [1.165, 1.54) is 172 Å². The van der Waals surface area contributed by atoms with Gasteiger partial charge in [-0.15, -0.1) is 0 Å². The number of unbranched alkanes of at least 4 members (excludes halogenated alkanes) is 25. The van der Waals surface area contributed by atoms with Crippen LogP contribution >= 0.6 is 0 Å². The van der Waals surface area contributed by atoms with Crippen LogP contribution in [0.3, 0.4) is 0 Å². The largest absolute Gasteiger partial charge is 0.464 e. The third-order valence-corrected chi connectivity index (χ3v) is 6.58. The summed E-state index contributed by atoms with van der Waals surface area (Å²) in [7, 11) is 0. The van der Waals surface area contributed by atoms with Crippen LogP contribution in [0.1, 0.15) is 181 Å². The molecule has 0 bridgehead atoms. The van der Waals surface area contributed by atoms with Gasteiger partial charge in [0, 0.05) is 0 Å². The third kappa shape index (κ3) is 38.8. The number of nitrogens with one attached hydrogen (secondary N) is 1. The first-order valence-electron chi connectivity index (χ1n) is 14.9. The average molecular weight is 471 g/mol. The molecule has 200 valence electrons. The Kier molecular flexibility index (Phi) is 34.8. The molecule has 0 atom stereocenters. The molecule has 0 heterocycles. The van der Waals surface area contributed by atoms with Crippen LogP contribution in [0.15, 0.2) is 0 Å². The normalized spacial score (nSPS) is 10.6. The lowest BCUT2D eigenvalue weighted by molar-refractivity contribution is 0.194. The van der Waals surface area contributed by atoms with Crippen LogP contribution in [0.2, 0.25) is 0 Å². The van der Waals surface area contributed by atoms with Gasteiger partial charge >= 0.3 is 6.09 Å². The first-order chi connectivity index (χ1) is 16.2. The van der Waals surface area contributed by atoms with E-state index in [4.69, 9.17) is 9.90 Å². The molecule has 0 aliphatic carbocycles. The number of hydrogen-bond acceptors (Lipinski definition) is 2. The van der Waals surface area contributed by atoms with Gasteiger partial charge in [0.25, 0.3) is 0 Å². The lowest BCUT2D eigenvalue weighted by Gasteiger charge is -2.04. The zero-order valence-electron chi connectivity index (χ0n) is 22.8. The summed E-state index contributed by atoms with van der Waals surface area (Å²) in [5.74, 6) is 4.32. The fourth-order valence-electron chi connectivity index (χ4n) is 4.39. The van der Waals surface area contributed by atoms with E-state index in [1.807, 2.05) is 0 Å². The van der Waals surface area contributed by atoms with E-state index in [0.717, 1.165) is 0 Å². The van der Waals surface area contributed by atoms with Crippen molar-refractivity contribution in [2.45, 2.75) is 181 Å². The lowest BCUT2D eigenvalue weighted by atomic mass is 10.0. The Morgan fingerprint density at radius 1 is 0.455 bits per heavy atom. The van der Waals surface area contributed by atoms with Gasteiger partial charge in [-0.1, -0.05) is 181 Å². The maximum atomic E-state index is 9.13. The second-order valence-electron chi connectivity index (χ2n) is 9.93. The van der Waals surface area contributed by atoms with E-state index in [1.54, 1.807) is 0 Å². The predicted octanol–water partition coefficient (Wildman–Crippen LogP) is 10.3. The number of amides is 1. The average Bonchev–Trinajstić information content (AvgIpc) is 2.82. The Morgan fingerprint density at radius 2 is 0.576 bits per heavy atom. The summed E-state index contributed by atoms with van der Waals surface area (Å²) >= 11 is 0. The molecule has 0 spiro atoms. The Bertz CT molecular complexity index is 325. The van der Waals surface area contributed by atoms with Gasteiger partial charge in [0.15, 0.2) is 0 Å². The number of carboxylic acid groups (broad SMARTS) is 1. The topological polar surface area (TPSA) is 75.3 Å². The smallest absolute Gasteiger partial charge is 0.418 e. The van der Waals surface area contributed by atoms with Crippen molar-refractivity contribution < 1.29 is 9.90 Å². The second kappa shape index (κ2) is 33.4. The second-order valence-corrected chi connectivity index (χ2v) is 9.93. The molecule has 0 aliphatic rings. The van der Waals surface area contributed by atoms with Crippen molar-refractivity contribution in [1.29, 1.82) is 0 Å². The molecule has 4 nitrogen and oxygen atoms in total. The highest BCUT2D eigenvalue weighted by Crippen LogP contribution is 2.15. The molecule has 0 saturated carbocycles. The first-order valence-corrected chi connectivity index (χ1v) is 14.9. The Balaban J connectivity index is 0. The van der Waals surface area contributed by atoms with Gasteiger partial charge in [-0.3, -0.25) is 5.43 Å². The molecule has 4 N–H and O–H groups in total. The van der Waals surface area contributed by atoms with Gasteiger partial charge < -0.3 is 5.11 Å². The van der Waals surface area contributed by atoms with Gasteiger partial charge in [-0.25, -0.2) is 10.6 Å². The van der Waals surface area contributed by atoms with Crippen molar-refractivity contribution in [2.75, 3.05) is 0 Å². The highest BCUT2D eigenvalue weighted by Gasteiger charge is 1.96. The van der Waals surface area contributed by atoms with Crippen LogP contribution in [0.4, 0.5) is 4.79 Å². The number of rotatable bonds is 25. The zero-order valence-corrected chi connectivity index (χ0v) is 22.8. The Labute approximate surface area is 208 Å². The monoisotopic (exact) mass is 470 g/mol. The molecule has 0 saturated heterocycles.